The van der Waals surface area contributed by atoms with Gasteiger partial charge in [-0.25, -0.2) is 0 Å². The average Bonchev–Trinajstić information content (AvgIpc) is 1.82. The standard InChI is InChI=1S/C7H14Cl2O/c1-3-4-10-7(9)5-6(2)8/h6-7H,3-5H2,1-2H3. The molecule has 0 spiro atoms. The maximum Gasteiger partial charge on any atom is 0.132 e. The molecule has 0 saturated heterocycles. The molecule has 0 radical (unpaired) electrons. The molecule has 2 atom stereocenters. The van der Waals surface area contributed by atoms with E-state index in [0.29, 0.717) is 6.42 Å². The van der Waals surface area contributed by atoms with Crippen molar-refractivity contribution in [1.29, 1.82) is 0 Å². The molecule has 3 heteroatoms. The Balaban J connectivity index is 3.16. The number of hydrogen-bond acceptors (Lipinski definition) is 1. The van der Waals surface area contributed by atoms with E-state index in [4.69, 9.17) is 27.9 Å². The molecule has 0 aromatic heterocycles. The number of halogens is 2. The highest BCUT2D eigenvalue weighted by Crippen LogP contribution is 2.11. The van der Waals surface area contributed by atoms with Gasteiger partial charge in [-0.2, -0.15) is 0 Å². The van der Waals surface area contributed by atoms with Gasteiger partial charge in [0, 0.05) is 18.4 Å². The lowest BCUT2D eigenvalue weighted by Crippen LogP contribution is -2.10. The van der Waals surface area contributed by atoms with Crippen molar-refractivity contribution in [2.45, 2.75) is 37.6 Å². The summed E-state index contributed by atoms with van der Waals surface area (Å²) in [7, 11) is 0. The van der Waals surface area contributed by atoms with Crippen molar-refractivity contribution in [2.75, 3.05) is 6.61 Å². The Bertz CT molecular complexity index is 76.0. The first kappa shape index (κ1) is 10.5. The summed E-state index contributed by atoms with van der Waals surface area (Å²) in [5.74, 6) is 0. The van der Waals surface area contributed by atoms with Gasteiger partial charge in [0.05, 0.1) is 0 Å². The summed E-state index contributed by atoms with van der Waals surface area (Å²) in [6.45, 7) is 4.68. The van der Waals surface area contributed by atoms with Gasteiger partial charge in [-0.15, -0.1) is 11.6 Å². The topological polar surface area (TPSA) is 9.23 Å². The molecule has 0 heterocycles. The summed E-state index contributed by atoms with van der Waals surface area (Å²) in [4.78, 5) is 0. The van der Waals surface area contributed by atoms with Gasteiger partial charge in [0.1, 0.15) is 5.56 Å². The Morgan fingerprint density at radius 2 is 2.00 bits per heavy atom. The fourth-order valence-electron chi connectivity index (χ4n) is 0.569. The highest BCUT2D eigenvalue weighted by molar-refractivity contribution is 6.22. The van der Waals surface area contributed by atoms with Crippen molar-refractivity contribution in [3.63, 3.8) is 0 Å². The van der Waals surface area contributed by atoms with E-state index >= 15 is 0 Å². The van der Waals surface area contributed by atoms with Gasteiger partial charge in [-0.3, -0.25) is 0 Å². The van der Waals surface area contributed by atoms with Gasteiger partial charge in [-0.05, 0) is 13.3 Å². The van der Waals surface area contributed by atoms with E-state index in [9.17, 15) is 0 Å². The van der Waals surface area contributed by atoms with Gasteiger partial charge in [0.15, 0.2) is 0 Å². The average molecular weight is 185 g/mol. The second-order valence-corrected chi connectivity index (χ2v) is 3.53. The maximum absolute atomic E-state index is 5.75. The summed E-state index contributed by atoms with van der Waals surface area (Å²) >= 11 is 11.4. The molecule has 1 nitrogen and oxygen atoms in total. The summed E-state index contributed by atoms with van der Waals surface area (Å²) in [6, 6.07) is 0. The van der Waals surface area contributed by atoms with E-state index in [0.717, 1.165) is 13.0 Å². The van der Waals surface area contributed by atoms with E-state index < -0.39 is 0 Å². The molecule has 0 aliphatic carbocycles. The summed E-state index contributed by atoms with van der Waals surface area (Å²) in [6.07, 6.45) is 1.71. The Labute approximate surface area is 72.6 Å². The van der Waals surface area contributed by atoms with Crippen LogP contribution in [0.5, 0.6) is 0 Å². The highest BCUT2D eigenvalue weighted by atomic mass is 35.5. The Morgan fingerprint density at radius 3 is 2.40 bits per heavy atom. The van der Waals surface area contributed by atoms with Gasteiger partial charge in [0.25, 0.3) is 0 Å². The quantitative estimate of drug-likeness (QED) is 0.598. The van der Waals surface area contributed by atoms with Crippen LogP contribution in [-0.4, -0.2) is 17.5 Å². The SMILES string of the molecule is CCCOC(Cl)CC(C)Cl. The van der Waals surface area contributed by atoms with Gasteiger partial charge in [-0.1, -0.05) is 18.5 Å². The molecule has 0 fully saturated rings. The third kappa shape index (κ3) is 6.66. The predicted molar refractivity (Wildman–Crippen MR) is 45.8 cm³/mol. The number of alkyl halides is 2. The minimum atomic E-state index is -0.215. The maximum atomic E-state index is 5.75. The van der Waals surface area contributed by atoms with Crippen LogP contribution < -0.4 is 0 Å². The van der Waals surface area contributed by atoms with Crippen LogP contribution in [0.3, 0.4) is 0 Å². The lowest BCUT2D eigenvalue weighted by Gasteiger charge is -2.10. The Hall–Kier alpha value is 0.540. The zero-order chi connectivity index (χ0) is 7.98. The lowest BCUT2D eigenvalue weighted by molar-refractivity contribution is 0.103. The van der Waals surface area contributed by atoms with Crippen molar-refractivity contribution < 1.29 is 4.74 Å². The van der Waals surface area contributed by atoms with Crippen LogP contribution in [0, 0.1) is 0 Å². The van der Waals surface area contributed by atoms with Crippen molar-refractivity contribution in [1.82, 2.24) is 0 Å². The number of hydrogen-bond donors (Lipinski definition) is 0. The number of ether oxygens (including phenoxy) is 1. The van der Waals surface area contributed by atoms with Crippen molar-refractivity contribution >= 4 is 23.2 Å². The van der Waals surface area contributed by atoms with Gasteiger partial charge < -0.3 is 4.74 Å². The smallest absolute Gasteiger partial charge is 0.132 e. The minimum absolute atomic E-state index is 0.0966. The first-order chi connectivity index (χ1) is 4.66. The zero-order valence-electron chi connectivity index (χ0n) is 6.44. The molecule has 0 aromatic carbocycles. The van der Waals surface area contributed by atoms with Crippen LogP contribution in [0.4, 0.5) is 0 Å². The van der Waals surface area contributed by atoms with E-state index in [2.05, 4.69) is 0 Å². The van der Waals surface area contributed by atoms with Crippen LogP contribution >= 0.6 is 23.2 Å². The molecule has 0 aromatic rings. The highest BCUT2D eigenvalue weighted by Gasteiger charge is 2.06. The molecule has 0 saturated carbocycles. The fraction of sp³-hybridized carbons (Fsp3) is 1.00. The fourth-order valence-corrected chi connectivity index (χ4v) is 1.18. The largest absolute Gasteiger partial charge is 0.362 e. The predicted octanol–water partition coefficient (Wildman–Crippen LogP) is 3.00. The zero-order valence-corrected chi connectivity index (χ0v) is 7.95. The summed E-state index contributed by atoms with van der Waals surface area (Å²) < 4.78 is 5.18. The van der Waals surface area contributed by atoms with Crippen molar-refractivity contribution in [3.8, 4) is 0 Å². The van der Waals surface area contributed by atoms with Crippen molar-refractivity contribution in [3.05, 3.63) is 0 Å². The van der Waals surface area contributed by atoms with E-state index in [1.54, 1.807) is 0 Å². The molecule has 0 aliphatic rings. The normalized spacial score (nSPS) is 16.8. The molecule has 0 bridgehead atoms. The van der Waals surface area contributed by atoms with Crippen LogP contribution in [0.1, 0.15) is 26.7 Å². The molecular weight excluding hydrogens is 171 g/mol. The van der Waals surface area contributed by atoms with E-state index in [1.807, 2.05) is 13.8 Å². The van der Waals surface area contributed by atoms with Crippen LogP contribution in [0.2, 0.25) is 0 Å². The molecule has 62 valence electrons. The van der Waals surface area contributed by atoms with Gasteiger partial charge in [0.2, 0.25) is 0 Å². The third-order valence-corrected chi connectivity index (χ3v) is 1.50. The first-order valence-corrected chi connectivity index (χ1v) is 4.43. The second kappa shape index (κ2) is 6.26. The Kier molecular flexibility index (Phi) is 6.60. The lowest BCUT2D eigenvalue weighted by atomic mass is 10.3. The molecule has 0 aliphatic heterocycles. The third-order valence-electron chi connectivity index (χ3n) is 1.01. The molecular formula is C7H14Cl2O. The molecule has 2 unspecified atom stereocenters. The monoisotopic (exact) mass is 184 g/mol. The van der Waals surface area contributed by atoms with E-state index in [-0.39, 0.29) is 10.9 Å². The van der Waals surface area contributed by atoms with Crippen LogP contribution in [-0.2, 0) is 4.74 Å². The second-order valence-electron chi connectivity index (χ2n) is 2.30. The molecule has 0 amide bonds. The summed E-state index contributed by atoms with van der Waals surface area (Å²) in [5.41, 5.74) is -0.215. The Morgan fingerprint density at radius 1 is 1.40 bits per heavy atom. The van der Waals surface area contributed by atoms with E-state index in [1.165, 1.54) is 0 Å². The minimum Gasteiger partial charge on any atom is -0.362 e. The number of rotatable bonds is 5. The summed E-state index contributed by atoms with van der Waals surface area (Å²) in [5, 5.41) is 0.0966. The molecule has 0 rings (SSSR count). The van der Waals surface area contributed by atoms with Gasteiger partial charge >= 0.3 is 0 Å². The van der Waals surface area contributed by atoms with Crippen LogP contribution in [0.15, 0.2) is 0 Å². The first-order valence-electron chi connectivity index (χ1n) is 3.56. The van der Waals surface area contributed by atoms with Crippen molar-refractivity contribution in [2.24, 2.45) is 0 Å². The van der Waals surface area contributed by atoms with Crippen LogP contribution in [0.25, 0.3) is 0 Å². The molecule has 0 N–H and O–H groups in total. The molecule has 10 heavy (non-hydrogen) atoms.